The van der Waals surface area contributed by atoms with Gasteiger partial charge in [0.25, 0.3) is 0 Å². The molecule has 7 aromatic rings. The van der Waals surface area contributed by atoms with Crippen molar-refractivity contribution in [1.29, 1.82) is 0 Å². The van der Waals surface area contributed by atoms with E-state index in [0.717, 1.165) is 34.1 Å². The highest BCUT2D eigenvalue weighted by Gasteiger charge is 2.22. The number of para-hydroxylation sites is 4. The average molecular weight is 677 g/mol. The first-order valence-corrected chi connectivity index (χ1v) is 18.3. The largest absolute Gasteiger partial charge is 0.308 e. The second kappa shape index (κ2) is 14.4. The third kappa shape index (κ3) is 7.43. The van der Waals surface area contributed by atoms with E-state index in [4.69, 9.17) is 0 Å². The summed E-state index contributed by atoms with van der Waals surface area (Å²) in [6.07, 6.45) is 0. The van der Waals surface area contributed by atoms with Gasteiger partial charge in [-0.2, -0.15) is 0 Å². The quantitative estimate of drug-likeness (QED) is 0.158. The first-order chi connectivity index (χ1) is 25.1. The van der Waals surface area contributed by atoms with Crippen LogP contribution >= 0.6 is 0 Å². The molecule has 0 saturated heterocycles. The van der Waals surface area contributed by atoms with E-state index in [1.807, 2.05) is 0 Å². The Bertz CT molecular complexity index is 2060. The van der Waals surface area contributed by atoms with Crippen LogP contribution in [0.3, 0.4) is 0 Å². The van der Waals surface area contributed by atoms with E-state index in [1.54, 1.807) is 0 Å². The van der Waals surface area contributed by atoms with Crippen molar-refractivity contribution in [2.45, 2.75) is 52.4 Å². The van der Waals surface area contributed by atoms with Gasteiger partial charge in [0.2, 0.25) is 0 Å². The molecule has 0 aliphatic rings. The Morgan fingerprint density at radius 2 is 0.519 bits per heavy atom. The Morgan fingerprint density at radius 1 is 0.269 bits per heavy atom. The van der Waals surface area contributed by atoms with E-state index in [0.29, 0.717) is 0 Å². The van der Waals surface area contributed by atoms with Gasteiger partial charge in [0.1, 0.15) is 0 Å². The van der Waals surface area contributed by atoms with Gasteiger partial charge in [0.05, 0.1) is 11.4 Å². The maximum atomic E-state index is 2.38. The molecule has 0 amide bonds. The van der Waals surface area contributed by atoms with Crippen LogP contribution in [0.2, 0.25) is 0 Å². The van der Waals surface area contributed by atoms with Crippen LogP contribution in [-0.4, -0.2) is 0 Å². The third-order valence-electron chi connectivity index (χ3n) is 9.81. The molecule has 0 N–H and O–H groups in total. The van der Waals surface area contributed by atoms with E-state index < -0.39 is 0 Å². The van der Waals surface area contributed by atoms with Crippen LogP contribution in [0, 0.1) is 0 Å². The van der Waals surface area contributed by atoms with E-state index >= 15 is 0 Å². The maximum absolute atomic E-state index is 2.38. The Labute approximate surface area is 310 Å². The molecule has 0 aliphatic heterocycles. The number of hydrogen-bond donors (Lipinski definition) is 0. The lowest BCUT2D eigenvalue weighted by atomic mass is 9.86. The molecule has 52 heavy (non-hydrogen) atoms. The highest BCUT2D eigenvalue weighted by molar-refractivity contribution is 5.91. The minimum atomic E-state index is 0.120. The minimum Gasteiger partial charge on any atom is -0.308 e. The van der Waals surface area contributed by atoms with Crippen molar-refractivity contribution in [2.24, 2.45) is 0 Å². The number of anilines is 6. The zero-order chi connectivity index (χ0) is 36.3. The van der Waals surface area contributed by atoms with Crippen LogP contribution in [0.25, 0.3) is 22.3 Å². The van der Waals surface area contributed by atoms with Crippen molar-refractivity contribution in [2.75, 3.05) is 9.80 Å². The van der Waals surface area contributed by atoms with Gasteiger partial charge in [-0.15, -0.1) is 0 Å². The topological polar surface area (TPSA) is 6.48 Å². The van der Waals surface area contributed by atoms with Gasteiger partial charge < -0.3 is 9.80 Å². The molecule has 2 heteroatoms. The molecule has 2 nitrogen and oxygen atoms in total. The fourth-order valence-electron chi connectivity index (χ4n) is 6.78. The summed E-state index contributed by atoms with van der Waals surface area (Å²) in [5.74, 6) is 0. The van der Waals surface area contributed by atoms with Crippen molar-refractivity contribution < 1.29 is 0 Å². The number of hydrogen-bond acceptors (Lipinski definition) is 2. The number of benzene rings is 7. The molecule has 7 aromatic carbocycles. The number of nitrogens with zero attached hydrogens (tertiary/aromatic N) is 2. The summed E-state index contributed by atoms with van der Waals surface area (Å²) in [4.78, 5) is 4.73. The highest BCUT2D eigenvalue weighted by atomic mass is 15.2. The Kier molecular flexibility index (Phi) is 9.58. The van der Waals surface area contributed by atoms with E-state index in [9.17, 15) is 0 Å². The van der Waals surface area contributed by atoms with Crippen molar-refractivity contribution in [1.82, 2.24) is 0 Å². The lowest BCUT2D eigenvalue weighted by Gasteiger charge is -2.33. The molecule has 0 bridgehead atoms. The van der Waals surface area contributed by atoms with Crippen molar-refractivity contribution in [3.63, 3.8) is 0 Å². The van der Waals surface area contributed by atoms with Gasteiger partial charge in [-0.3, -0.25) is 0 Å². The molecule has 0 heterocycles. The SMILES string of the molecule is CC(C)(C)c1ccc(-c2ccc(N(c3ccc(-c4ccc(C(C)(C)C)cc4)cc3)c3ccccc3N(c3ccccc3)c3ccccc3)cc2)cc1. The van der Waals surface area contributed by atoms with Gasteiger partial charge in [0, 0.05) is 22.7 Å². The molecule has 0 aromatic heterocycles. The zero-order valence-corrected chi connectivity index (χ0v) is 31.2. The fourth-order valence-corrected chi connectivity index (χ4v) is 6.78. The van der Waals surface area contributed by atoms with Gasteiger partial charge in [-0.05, 0) is 105 Å². The van der Waals surface area contributed by atoms with E-state index in [2.05, 4.69) is 233 Å². The molecule has 258 valence electrons. The Hall–Kier alpha value is -5.86. The van der Waals surface area contributed by atoms with Gasteiger partial charge >= 0.3 is 0 Å². The molecule has 0 fully saturated rings. The summed E-state index contributed by atoms with van der Waals surface area (Å²) in [5.41, 5.74) is 14.3. The zero-order valence-electron chi connectivity index (χ0n) is 31.2. The molecular formula is C50H48N2. The smallest absolute Gasteiger partial charge is 0.0702 e. The standard InChI is InChI=1S/C50H48N2/c1-49(2,3)41-29-21-37(22-30-41)39-25-33-45(34-26-39)52(46-35-27-40(28-36-46)38-23-31-42(32-24-38)50(4,5)6)48-20-14-13-19-47(48)51(43-15-9-7-10-16-43)44-17-11-8-12-18-44/h7-36H,1-6H3. The molecule has 0 radical (unpaired) electrons. The van der Waals surface area contributed by atoms with Crippen LogP contribution < -0.4 is 9.80 Å². The predicted molar refractivity (Wildman–Crippen MR) is 224 cm³/mol. The van der Waals surface area contributed by atoms with E-state index in [1.165, 1.54) is 33.4 Å². The van der Waals surface area contributed by atoms with Crippen LogP contribution in [0.1, 0.15) is 52.7 Å². The molecule has 0 aliphatic carbocycles. The summed E-state index contributed by atoms with van der Waals surface area (Å²) in [7, 11) is 0. The highest BCUT2D eigenvalue weighted by Crippen LogP contribution is 2.46. The molecule has 0 spiro atoms. The minimum absolute atomic E-state index is 0.120. The predicted octanol–water partition coefficient (Wildman–Crippen LogP) is 14.6. The molecule has 7 rings (SSSR count). The Morgan fingerprint density at radius 3 is 0.808 bits per heavy atom. The van der Waals surface area contributed by atoms with Crippen LogP contribution in [0.5, 0.6) is 0 Å². The van der Waals surface area contributed by atoms with Gasteiger partial charge in [-0.1, -0.05) is 163 Å². The van der Waals surface area contributed by atoms with Gasteiger partial charge in [-0.25, -0.2) is 0 Å². The van der Waals surface area contributed by atoms with Crippen LogP contribution in [-0.2, 0) is 10.8 Å². The number of rotatable bonds is 8. The molecular weight excluding hydrogens is 629 g/mol. The third-order valence-corrected chi connectivity index (χ3v) is 9.81. The van der Waals surface area contributed by atoms with Gasteiger partial charge in [0.15, 0.2) is 0 Å². The van der Waals surface area contributed by atoms with Crippen LogP contribution in [0.15, 0.2) is 182 Å². The van der Waals surface area contributed by atoms with E-state index in [-0.39, 0.29) is 10.8 Å². The first kappa shape index (κ1) is 34.6. The monoisotopic (exact) mass is 676 g/mol. The summed E-state index contributed by atoms with van der Waals surface area (Å²) in [6.45, 7) is 13.6. The fraction of sp³-hybridized carbons (Fsp3) is 0.160. The average Bonchev–Trinajstić information content (AvgIpc) is 3.16. The Balaban J connectivity index is 1.34. The summed E-state index contributed by atoms with van der Waals surface area (Å²) in [5, 5.41) is 0. The maximum Gasteiger partial charge on any atom is 0.0702 e. The summed E-state index contributed by atoms with van der Waals surface area (Å²) >= 11 is 0. The van der Waals surface area contributed by atoms with Crippen molar-refractivity contribution in [3.8, 4) is 22.3 Å². The molecule has 0 atom stereocenters. The molecule has 0 unspecified atom stereocenters. The second-order valence-corrected chi connectivity index (χ2v) is 15.6. The normalized spacial score (nSPS) is 11.7. The second-order valence-electron chi connectivity index (χ2n) is 15.6. The molecule has 0 saturated carbocycles. The first-order valence-electron chi connectivity index (χ1n) is 18.3. The van der Waals surface area contributed by atoms with Crippen molar-refractivity contribution >= 4 is 34.1 Å². The summed E-state index contributed by atoms with van der Waals surface area (Å²) < 4.78 is 0. The lowest BCUT2D eigenvalue weighted by molar-refractivity contribution is 0.590. The summed E-state index contributed by atoms with van der Waals surface area (Å²) in [6, 6.07) is 65.9. The lowest BCUT2D eigenvalue weighted by Crippen LogP contribution is -2.16. The van der Waals surface area contributed by atoms with Crippen molar-refractivity contribution in [3.05, 3.63) is 193 Å². The van der Waals surface area contributed by atoms with Crippen LogP contribution in [0.4, 0.5) is 34.1 Å².